The minimum absolute atomic E-state index is 0.119. The number of amides is 1. The van der Waals surface area contributed by atoms with E-state index in [-0.39, 0.29) is 12.7 Å². The fraction of sp³-hybridized carbons (Fsp3) is 0.368. The molecule has 2 aromatic rings. The van der Waals surface area contributed by atoms with Crippen LogP contribution in [0.25, 0.3) is 0 Å². The minimum atomic E-state index is -0.119. The Morgan fingerprint density at radius 3 is 3.08 bits per heavy atom. The summed E-state index contributed by atoms with van der Waals surface area (Å²) in [7, 11) is 1.92. The molecule has 1 aromatic heterocycles. The number of nitrogens with zero attached hydrogens (tertiary/aromatic N) is 3. The number of likely N-dealkylation sites (tertiary alicyclic amines) is 1. The highest BCUT2D eigenvalue weighted by atomic mass is 16.7. The highest BCUT2D eigenvalue weighted by molar-refractivity contribution is 5.94. The molecule has 4 rings (SSSR count). The number of fused-ring (bicyclic) bond motifs is 1. The van der Waals surface area contributed by atoms with Crippen molar-refractivity contribution in [3.63, 3.8) is 0 Å². The number of rotatable bonds is 2. The maximum atomic E-state index is 12.3. The van der Waals surface area contributed by atoms with Gasteiger partial charge in [0.05, 0.1) is 6.20 Å². The van der Waals surface area contributed by atoms with Crippen LogP contribution in [0.5, 0.6) is 11.5 Å². The van der Waals surface area contributed by atoms with Gasteiger partial charge in [-0.25, -0.2) is 0 Å². The number of aryl methyl sites for hydroxylation is 1. The molecule has 6 heteroatoms. The summed E-state index contributed by atoms with van der Waals surface area (Å²) in [6.07, 6.45) is 5.88. The van der Waals surface area contributed by atoms with Gasteiger partial charge in [0.2, 0.25) is 6.79 Å². The van der Waals surface area contributed by atoms with E-state index in [0.717, 1.165) is 37.2 Å². The van der Waals surface area contributed by atoms with Gasteiger partial charge in [-0.05, 0) is 42.5 Å². The lowest BCUT2D eigenvalue weighted by Crippen LogP contribution is -2.27. The molecule has 6 nitrogen and oxygen atoms in total. The van der Waals surface area contributed by atoms with Gasteiger partial charge >= 0.3 is 0 Å². The molecule has 1 atom stereocenters. The molecule has 0 spiro atoms. The Balaban J connectivity index is 1.36. The predicted molar refractivity (Wildman–Crippen MR) is 91.0 cm³/mol. The van der Waals surface area contributed by atoms with Gasteiger partial charge in [-0.15, -0.1) is 0 Å². The number of hydrogen-bond donors (Lipinski definition) is 0. The smallest absolute Gasteiger partial charge is 0.298 e. The Morgan fingerprint density at radius 2 is 2.24 bits per heavy atom. The Labute approximate surface area is 146 Å². The number of hydrogen-bond acceptors (Lipinski definition) is 4. The van der Waals surface area contributed by atoms with E-state index in [1.807, 2.05) is 41.2 Å². The lowest BCUT2D eigenvalue weighted by molar-refractivity contribution is -0.124. The third-order valence-electron chi connectivity index (χ3n) is 4.54. The van der Waals surface area contributed by atoms with Crippen LogP contribution in [0.1, 0.15) is 17.5 Å². The molecule has 3 heterocycles. The summed E-state index contributed by atoms with van der Waals surface area (Å²) in [5, 5.41) is 4.20. The van der Waals surface area contributed by atoms with Gasteiger partial charge in [0, 0.05) is 37.8 Å². The summed E-state index contributed by atoms with van der Waals surface area (Å²) in [5.41, 5.74) is 1.97. The quantitative estimate of drug-likeness (QED) is 0.781. The second-order valence-corrected chi connectivity index (χ2v) is 6.45. The van der Waals surface area contributed by atoms with Crippen molar-refractivity contribution in [2.24, 2.45) is 13.0 Å². The first kappa shape index (κ1) is 15.6. The van der Waals surface area contributed by atoms with Crippen LogP contribution in [-0.2, 0) is 18.3 Å². The van der Waals surface area contributed by atoms with Crippen LogP contribution in [0.15, 0.2) is 30.6 Å². The van der Waals surface area contributed by atoms with Gasteiger partial charge < -0.3 is 14.4 Å². The molecule has 25 heavy (non-hydrogen) atoms. The maximum absolute atomic E-state index is 12.3. The van der Waals surface area contributed by atoms with Crippen molar-refractivity contribution in [2.75, 3.05) is 19.9 Å². The van der Waals surface area contributed by atoms with E-state index in [2.05, 4.69) is 16.9 Å². The van der Waals surface area contributed by atoms with Crippen molar-refractivity contribution in [3.8, 4) is 23.3 Å². The van der Waals surface area contributed by atoms with Crippen molar-refractivity contribution in [3.05, 3.63) is 41.7 Å². The zero-order valence-corrected chi connectivity index (χ0v) is 14.1. The fourth-order valence-electron chi connectivity index (χ4n) is 3.27. The lowest BCUT2D eigenvalue weighted by atomic mass is 10.0. The van der Waals surface area contributed by atoms with E-state index in [4.69, 9.17) is 9.47 Å². The standard InChI is InChI=1S/C19H19N3O3/c1-21-11-16(10-20-21)8-15-6-7-22(12-15)19(23)5-3-14-2-4-17-18(9-14)25-13-24-17/h2,4,9-11,15H,6-8,12-13H2,1H3/t15-/m1/s1. The molecular formula is C19H19N3O3. The SMILES string of the molecule is Cn1cc(C[C@H]2CCN(C(=O)C#Cc3ccc4c(c3)OCO4)C2)cn1. The van der Waals surface area contributed by atoms with Crippen molar-refractivity contribution in [1.29, 1.82) is 0 Å². The molecule has 0 aliphatic carbocycles. The van der Waals surface area contributed by atoms with Crippen molar-refractivity contribution in [2.45, 2.75) is 12.8 Å². The summed E-state index contributed by atoms with van der Waals surface area (Å²) < 4.78 is 12.4. The van der Waals surface area contributed by atoms with Gasteiger partial charge in [0.25, 0.3) is 5.91 Å². The topological polar surface area (TPSA) is 56.6 Å². The van der Waals surface area contributed by atoms with E-state index in [1.165, 1.54) is 5.56 Å². The summed E-state index contributed by atoms with van der Waals surface area (Å²) in [5.74, 6) is 7.42. The number of ether oxygens (including phenoxy) is 2. The van der Waals surface area contributed by atoms with Gasteiger partial charge in [-0.1, -0.05) is 5.92 Å². The normalized spacial score (nSPS) is 18.1. The third kappa shape index (κ3) is 3.45. The number of benzene rings is 1. The zero-order chi connectivity index (χ0) is 17.2. The van der Waals surface area contributed by atoms with Crippen LogP contribution in [-0.4, -0.2) is 40.5 Å². The van der Waals surface area contributed by atoms with Crippen LogP contribution < -0.4 is 9.47 Å². The molecule has 1 aromatic carbocycles. The summed E-state index contributed by atoms with van der Waals surface area (Å²) >= 11 is 0. The highest BCUT2D eigenvalue weighted by Gasteiger charge is 2.25. The average molecular weight is 337 g/mol. The second kappa shape index (κ2) is 6.52. The largest absolute Gasteiger partial charge is 0.454 e. The molecule has 1 amide bonds. The number of carbonyl (C=O) groups excluding carboxylic acids is 1. The van der Waals surface area contributed by atoms with E-state index in [9.17, 15) is 4.79 Å². The molecule has 128 valence electrons. The molecule has 1 fully saturated rings. The van der Waals surface area contributed by atoms with Crippen molar-refractivity contribution < 1.29 is 14.3 Å². The Bertz CT molecular complexity index is 862. The molecule has 0 radical (unpaired) electrons. The van der Waals surface area contributed by atoms with Crippen molar-refractivity contribution >= 4 is 5.91 Å². The lowest BCUT2D eigenvalue weighted by Gasteiger charge is -2.12. The fourth-order valence-corrected chi connectivity index (χ4v) is 3.27. The van der Waals surface area contributed by atoms with Gasteiger partial charge in [-0.2, -0.15) is 5.10 Å². The molecule has 0 N–H and O–H groups in total. The molecule has 2 aliphatic rings. The minimum Gasteiger partial charge on any atom is -0.454 e. The summed E-state index contributed by atoms with van der Waals surface area (Å²) in [6.45, 7) is 1.75. The Morgan fingerprint density at radius 1 is 1.36 bits per heavy atom. The molecule has 0 unspecified atom stereocenters. The van der Waals surface area contributed by atoms with Crippen LogP contribution in [0.2, 0.25) is 0 Å². The highest BCUT2D eigenvalue weighted by Crippen LogP contribution is 2.32. The van der Waals surface area contributed by atoms with Crippen molar-refractivity contribution in [1.82, 2.24) is 14.7 Å². The first-order valence-electron chi connectivity index (χ1n) is 8.35. The summed E-state index contributed by atoms with van der Waals surface area (Å²) in [4.78, 5) is 14.2. The predicted octanol–water partition coefficient (Wildman–Crippen LogP) is 1.59. The number of aromatic nitrogens is 2. The summed E-state index contributed by atoms with van der Waals surface area (Å²) in [6, 6.07) is 5.46. The number of carbonyl (C=O) groups is 1. The Kier molecular flexibility index (Phi) is 4.06. The van der Waals surface area contributed by atoms with Crippen LogP contribution in [0.4, 0.5) is 0 Å². The molecule has 0 bridgehead atoms. The zero-order valence-electron chi connectivity index (χ0n) is 14.1. The van der Waals surface area contributed by atoms with E-state index >= 15 is 0 Å². The van der Waals surface area contributed by atoms with E-state index in [0.29, 0.717) is 11.7 Å². The van der Waals surface area contributed by atoms with E-state index < -0.39 is 0 Å². The molecule has 1 saturated heterocycles. The molecule has 0 saturated carbocycles. The molecular weight excluding hydrogens is 318 g/mol. The van der Waals surface area contributed by atoms with E-state index in [1.54, 1.807) is 6.07 Å². The molecule has 2 aliphatic heterocycles. The van der Waals surface area contributed by atoms with Crippen LogP contribution >= 0.6 is 0 Å². The second-order valence-electron chi connectivity index (χ2n) is 6.45. The van der Waals surface area contributed by atoms with Gasteiger partial charge in [-0.3, -0.25) is 9.48 Å². The first-order valence-corrected chi connectivity index (χ1v) is 8.35. The van der Waals surface area contributed by atoms with Crippen LogP contribution in [0, 0.1) is 17.8 Å². The monoisotopic (exact) mass is 337 g/mol. The van der Waals surface area contributed by atoms with Crippen LogP contribution in [0.3, 0.4) is 0 Å². The Hall–Kier alpha value is -2.94. The van der Waals surface area contributed by atoms with Gasteiger partial charge in [0.15, 0.2) is 11.5 Å². The maximum Gasteiger partial charge on any atom is 0.298 e. The van der Waals surface area contributed by atoms with Gasteiger partial charge in [0.1, 0.15) is 0 Å². The third-order valence-corrected chi connectivity index (χ3v) is 4.54. The average Bonchev–Trinajstić information content (AvgIpc) is 3.33. The first-order chi connectivity index (χ1) is 12.2.